The van der Waals surface area contributed by atoms with Crippen LogP contribution in [0.4, 0.5) is 0 Å². The Bertz CT molecular complexity index is 771. The average Bonchev–Trinajstić information content (AvgIpc) is 3.33. The molecule has 0 bridgehead atoms. The Kier molecular flexibility index (Phi) is 6.90. The Labute approximate surface area is 165 Å². The van der Waals surface area contributed by atoms with Crippen molar-refractivity contribution < 1.29 is 9.53 Å². The molecule has 2 aromatic rings. The van der Waals surface area contributed by atoms with Crippen LogP contribution in [0.5, 0.6) is 0 Å². The molecule has 1 aromatic carbocycles. The molecule has 7 heteroatoms. The van der Waals surface area contributed by atoms with Gasteiger partial charge in [0.05, 0.1) is 12.4 Å². The van der Waals surface area contributed by atoms with Gasteiger partial charge in [-0.25, -0.2) is 0 Å². The summed E-state index contributed by atoms with van der Waals surface area (Å²) in [4.78, 5) is 14.6. The Morgan fingerprint density at radius 2 is 2.22 bits per heavy atom. The Hall–Kier alpha value is -1.86. The van der Waals surface area contributed by atoms with E-state index < -0.39 is 0 Å². The van der Waals surface area contributed by atoms with E-state index in [-0.39, 0.29) is 5.91 Å². The summed E-state index contributed by atoms with van der Waals surface area (Å²) in [6, 6.07) is 8.25. The van der Waals surface area contributed by atoms with Gasteiger partial charge in [0, 0.05) is 37.7 Å². The van der Waals surface area contributed by atoms with Crippen molar-refractivity contribution in [2.45, 2.75) is 38.9 Å². The van der Waals surface area contributed by atoms with Crippen molar-refractivity contribution in [3.63, 3.8) is 0 Å². The number of thioether (sulfide) groups is 1. The molecule has 1 saturated heterocycles. The Balaban J connectivity index is 1.65. The third-order valence-electron chi connectivity index (χ3n) is 4.87. The van der Waals surface area contributed by atoms with Crippen LogP contribution in [0, 0.1) is 12.8 Å². The maximum atomic E-state index is 12.7. The average molecular weight is 389 g/mol. The van der Waals surface area contributed by atoms with Crippen LogP contribution in [-0.2, 0) is 16.1 Å². The van der Waals surface area contributed by atoms with Crippen LogP contribution in [0.25, 0.3) is 11.4 Å². The lowest BCUT2D eigenvalue weighted by Gasteiger charge is -2.23. The van der Waals surface area contributed by atoms with Crippen LogP contribution >= 0.6 is 11.8 Å². The molecule has 27 heavy (non-hydrogen) atoms. The molecule has 1 aromatic heterocycles. The minimum absolute atomic E-state index is 0.150. The molecular formula is C20H28N4O2S. The van der Waals surface area contributed by atoms with Crippen LogP contribution < -0.4 is 0 Å². The molecule has 0 aliphatic carbocycles. The molecule has 3 rings (SSSR count). The van der Waals surface area contributed by atoms with Crippen LogP contribution in [0.2, 0.25) is 0 Å². The van der Waals surface area contributed by atoms with Gasteiger partial charge < -0.3 is 14.2 Å². The van der Waals surface area contributed by atoms with Crippen molar-refractivity contribution in [3.8, 4) is 11.4 Å². The SMILES string of the molecule is CCN(CC1CCOC1)C(=O)CSc1nnc(-c2cccc(C)c2)n1CC. The van der Waals surface area contributed by atoms with Crippen molar-refractivity contribution in [1.82, 2.24) is 19.7 Å². The van der Waals surface area contributed by atoms with Crippen molar-refractivity contribution in [2.24, 2.45) is 5.92 Å². The topological polar surface area (TPSA) is 60.2 Å². The number of aromatic nitrogens is 3. The number of benzene rings is 1. The number of amides is 1. The lowest BCUT2D eigenvalue weighted by atomic mass is 10.1. The largest absolute Gasteiger partial charge is 0.381 e. The van der Waals surface area contributed by atoms with Gasteiger partial charge in [0.2, 0.25) is 5.91 Å². The number of hydrogen-bond acceptors (Lipinski definition) is 5. The Morgan fingerprint density at radius 1 is 1.37 bits per heavy atom. The summed E-state index contributed by atoms with van der Waals surface area (Å²) >= 11 is 1.47. The predicted molar refractivity (Wildman–Crippen MR) is 108 cm³/mol. The number of ether oxygens (including phenoxy) is 1. The van der Waals surface area contributed by atoms with E-state index >= 15 is 0 Å². The fourth-order valence-electron chi connectivity index (χ4n) is 3.34. The molecule has 1 fully saturated rings. The number of carbonyl (C=O) groups excluding carboxylic acids is 1. The van der Waals surface area contributed by atoms with Gasteiger partial charge in [0.1, 0.15) is 0 Å². The van der Waals surface area contributed by atoms with E-state index in [1.54, 1.807) is 0 Å². The van der Waals surface area contributed by atoms with Crippen LogP contribution in [0.15, 0.2) is 29.4 Å². The highest BCUT2D eigenvalue weighted by Crippen LogP contribution is 2.25. The highest BCUT2D eigenvalue weighted by Gasteiger charge is 2.22. The second-order valence-corrected chi connectivity index (χ2v) is 7.81. The van der Waals surface area contributed by atoms with E-state index in [9.17, 15) is 4.79 Å². The second kappa shape index (κ2) is 9.37. The van der Waals surface area contributed by atoms with Gasteiger partial charge in [0.15, 0.2) is 11.0 Å². The van der Waals surface area contributed by atoms with Crippen LogP contribution in [-0.4, -0.2) is 57.6 Å². The van der Waals surface area contributed by atoms with Gasteiger partial charge in [-0.05, 0) is 33.3 Å². The number of hydrogen-bond donors (Lipinski definition) is 0. The number of nitrogens with zero attached hydrogens (tertiary/aromatic N) is 4. The fourth-order valence-corrected chi connectivity index (χ4v) is 4.25. The lowest BCUT2D eigenvalue weighted by molar-refractivity contribution is -0.128. The number of carbonyl (C=O) groups is 1. The first-order valence-electron chi connectivity index (χ1n) is 9.60. The maximum Gasteiger partial charge on any atom is 0.233 e. The molecular weight excluding hydrogens is 360 g/mol. The number of aryl methyl sites for hydroxylation is 1. The third kappa shape index (κ3) is 4.90. The molecule has 1 unspecified atom stereocenters. The first-order chi connectivity index (χ1) is 13.1. The van der Waals surface area contributed by atoms with Crippen LogP contribution in [0.3, 0.4) is 0 Å². The minimum atomic E-state index is 0.150. The van der Waals surface area contributed by atoms with Crippen molar-refractivity contribution in [1.29, 1.82) is 0 Å². The van der Waals surface area contributed by atoms with E-state index in [2.05, 4.69) is 40.7 Å². The monoisotopic (exact) mass is 388 g/mol. The molecule has 0 radical (unpaired) electrons. The summed E-state index contributed by atoms with van der Waals surface area (Å²) in [5, 5.41) is 9.51. The first-order valence-corrected chi connectivity index (χ1v) is 10.6. The third-order valence-corrected chi connectivity index (χ3v) is 5.82. The molecule has 0 spiro atoms. The van der Waals surface area contributed by atoms with Crippen molar-refractivity contribution >= 4 is 17.7 Å². The molecule has 0 N–H and O–H groups in total. The maximum absolute atomic E-state index is 12.7. The van der Waals surface area contributed by atoms with Crippen molar-refractivity contribution in [3.05, 3.63) is 29.8 Å². The normalized spacial score (nSPS) is 16.6. The fraction of sp³-hybridized carbons (Fsp3) is 0.550. The smallest absolute Gasteiger partial charge is 0.233 e. The minimum Gasteiger partial charge on any atom is -0.381 e. The first kappa shape index (κ1) is 19.9. The molecule has 1 aliphatic rings. The van der Waals surface area contributed by atoms with E-state index in [4.69, 9.17) is 4.74 Å². The van der Waals surface area contributed by atoms with E-state index in [1.165, 1.54) is 17.3 Å². The molecule has 6 nitrogen and oxygen atoms in total. The van der Waals surface area contributed by atoms with Crippen molar-refractivity contribution in [2.75, 3.05) is 32.1 Å². The second-order valence-electron chi connectivity index (χ2n) is 6.87. The van der Waals surface area contributed by atoms with E-state index in [0.29, 0.717) is 11.7 Å². The summed E-state index contributed by atoms with van der Waals surface area (Å²) in [6.07, 6.45) is 1.04. The highest BCUT2D eigenvalue weighted by atomic mass is 32.2. The molecule has 1 aliphatic heterocycles. The standard InChI is InChI=1S/C20H28N4O2S/c1-4-23(12-16-9-10-26-13-16)18(25)14-27-20-22-21-19(24(20)5-2)17-8-6-7-15(3)11-17/h6-8,11,16H,4-5,9-10,12-14H2,1-3H3. The van der Waals surface area contributed by atoms with Crippen LogP contribution in [0.1, 0.15) is 25.8 Å². The van der Waals surface area contributed by atoms with E-state index in [1.807, 2.05) is 24.0 Å². The summed E-state index contributed by atoms with van der Waals surface area (Å²) < 4.78 is 7.51. The van der Waals surface area contributed by atoms with Gasteiger partial charge in [-0.1, -0.05) is 35.5 Å². The van der Waals surface area contributed by atoms with Gasteiger partial charge in [0.25, 0.3) is 0 Å². The zero-order chi connectivity index (χ0) is 19.2. The zero-order valence-electron chi connectivity index (χ0n) is 16.4. The Morgan fingerprint density at radius 3 is 2.89 bits per heavy atom. The number of rotatable bonds is 8. The summed E-state index contributed by atoms with van der Waals surface area (Å²) in [6.45, 7) is 10.0. The molecule has 1 amide bonds. The molecule has 1 atom stereocenters. The summed E-state index contributed by atoms with van der Waals surface area (Å²) in [5.74, 6) is 1.85. The van der Waals surface area contributed by atoms with Gasteiger partial charge in [-0.15, -0.1) is 10.2 Å². The molecule has 146 valence electrons. The zero-order valence-corrected chi connectivity index (χ0v) is 17.2. The quantitative estimate of drug-likeness (QED) is 0.650. The highest BCUT2D eigenvalue weighted by molar-refractivity contribution is 7.99. The molecule has 0 saturated carbocycles. The van der Waals surface area contributed by atoms with Gasteiger partial charge in [-0.2, -0.15) is 0 Å². The summed E-state index contributed by atoms with van der Waals surface area (Å²) in [7, 11) is 0. The predicted octanol–water partition coefficient (Wildman–Crippen LogP) is 3.25. The van der Waals surface area contributed by atoms with E-state index in [0.717, 1.165) is 55.8 Å². The van der Waals surface area contributed by atoms with Gasteiger partial charge in [-0.3, -0.25) is 4.79 Å². The lowest BCUT2D eigenvalue weighted by Crippen LogP contribution is -2.36. The van der Waals surface area contributed by atoms with Gasteiger partial charge >= 0.3 is 0 Å². The molecule has 2 heterocycles. The summed E-state index contributed by atoms with van der Waals surface area (Å²) in [5.41, 5.74) is 2.25.